The highest BCUT2D eigenvalue weighted by Crippen LogP contribution is 2.26. The summed E-state index contributed by atoms with van der Waals surface area (Å²) in [7, 11) is 0. The highest BCUT2D eigenvalue weighted by molar-refractivity contribution is 6.30. The Morgan fingerprint density at radius 2 is 2.05 bits per heavy atom. The lowest BCUT2D eigenvalue weighted by atomic mass is 10.1. The van der Waals surface area contributed by atoms with Crippen LogP contribution in [0.1, 0.15) is 31.2 Å². The van der Waals surface area contributed by atoms with Gasteiger partial charge in [0.25, 0.3) is 0 Å². The highest BCUT2D eigenvalue weighted by Gasteiger charge is 2.23. The fourth-order valence-corrected chi connectivity index (χ4v) is 2.62. The van der Waals surface area contributed by atoms with Gasteiger partial charge in [-0.3, -0.25) is 0 Å². The van der Waals surface area contributed by atoms with Crippen LogP contribution in [-0.2, 0) is 11.2 Å². The van der Waals surface area contributed by atoms with Crippen LogP contribution in [0.2, 0.25) is 5.15 Å². The first-order valence-corrected chi connectivity index (χ1v) is 7.54. The van der Waals surface area contributed by atoms with Crippen LogP contribution in [0.4, 0.5) is 5.82 Å². The molecule has 5 nitrogen and oxygen atoms in total. The molecule has 0 unspecified atom stereocenters. The molecular formula is C14H22ClN3O2. The molecule has 1 aliphatic rings. The Labute approximate surface area is 124 Å². The van der Waals surface area contributed by atoms with E-state index in [1.807, 2.05) is 13.8 Å². The molecule has 0 radical (unpaired) electrons. The number of nitrogens with zero attached hydrogens (tertiary/aromatic N) is 3. The second-order valence-corrected chi connectivity index (χ2v) is 5.37. The second-order valence-electron chi connectivity index (χ2n) is 5.01. The summed E-state index contributed by atoms with van der Waals surface area (Å²) in [5, 5.41) is 9.33. The fourth-order valence-electron chi connectivity index (χ4n) is 2.44. The standard InChI is InChI=1S/C14H22ClN3O2/c1-3-12-16-13(15)10(2)14(17-12)18-6-4-11(5-7-18)20-9-8-19/h11,19H,3-9H2,1-2H3. The van der Waals surface area contributed by atoms with E-state index < -0.39 is 0 Å². The predicted octanol–water partition coefficient (Wildman–Crippen LogP) is 1.98. The Balaban J connectivity index is 2.05. The average Bonchev–Trinajstić information content (AvgIpc) is 2.48. The van der Waals surface area contributed by atoms with E-state index in [2.05, 4.69) is 14.9 Å². The molecule has 1 aromatic heterocycles. The minimum Gasteiger partial charge on any atom is -0.394 e. The van der Waals surface area contributed by atoms with Gasteiger partial charge in [0.1, 0.15) is 16.8 Å². The Morgan fingerprint density at radius 3 is 2.65 bits per heavy atom. The van der Waals surface area contributed by atoms with Gasteiger partial charge in [0, 0.05) is 25.1 Å². The summed E-state index contributed by atoms with van der Waals surface area (Å²) in [5.74, 6) is 1.73. The van der Waals surface area contributed by atoms with Crippen molar-refractivity contribution in [1.82, 2.24) is 9.97 Å². The fraction of sp³-hybridized carbons (Fsp3) is 0.714. The SMILES string of the molecule is CCc1nc(Cl)c(C)c(N2CCC(OCCO)CC2)n1. The Hall–Kier alpha value is -0.910. The second kappa shape index (κ2) is 7.20. The van der Waals surface area contributed by atoms with Crippen molar-refractivity contribution in [3.8, 4) is 0 Å². The molecule has 20 heavy (non-hydrogen) atoms. The van der Waals surface area contributed by atoms with Crippen molar-refractivity contribution >= 4 is 17.4 Å². The lowest BCUT2D eigenvalue weighted by Gasteiger charge is -2.33. The molecule has 2 rings (SSSR count). The molecule has 0 atom stereocenters. The summed E-state index contributed by atoms with van der Waals surface area (Å²) < 4.78 is 5.58. The zero-order valence-corrected chi connectivity index (χ0v) is 12.9. The molecule has 1 aromatic rings. The number of hydrogen-bond acceptors (Lipinski definition) is 5. The summed E-state index contributed by atoms with van der Waals surface area (Å²) in [6.07, 6.45) is 2.91. The number of piperidine rings is 1. The molecule has 0 bridgehead atoms. The number of halogens is 1. The monoisotopic (exact) mass is 299 g/mol. The number of aryl methyl sites for hydroxylation is 1. The number of aliphatic hydroxyl groups excluding tert-OH is 1. The van der Waals surface area contributed by atoms with E-state index in [0.29, 0.717) is 11.8 Å². The molecule has 0 amide bonds. The van der Waals surface area contributed by atoms with Gasteiger partial charge in [-0.25, -0.2) is 9.97 Å². The normalized spacial score (nSPS) is 16.7. The molecule has 1 saturated heterocycles. The quantitative estimate of drug-likeness (QED) is 0.843. The van der Waals surface area contributed by atoms with E-state index in [0.717, 1.165) is 49.6 Å². The third-order valence-corrected chi connectivity index (χ3v) is 3.98. The van der Waals surface area contributed by atoms with Crippen molar-refractivity contribution < 1.29 is 9.84 Å². The lowest BCUT2D eigenvalue weighted by molar-refractivity contribution is 0.0158. The van der Waals surface area contributed by atoms with Crippen LogP contribution in [0, 0.1) is 6.92 Å². The number of ether oxygens (including phenoxy) is 1. The number of aliphatic hydroxyl groups is 1. The molecule has 1 N–H and O–H groups in total. The molecule has 6 heteroatoms. The van der Waals surface area contributed by atoms with E-state index in [1.165, 1.54) is 0 Å². The topological polar surface area (TPSA) is 58.5 Å². The molecule has 1 aliphatic heterocycles. The number of hydrogen-bond donors (Lipinski definition) is 1. The molecule has 2 heterocycles. The van der Waals surface area contributed by atoms with Gasteiger partial charge < -0.3 is 14.7 Å². The van der Waals surface area contributed by atoms with Crippen LogP contribution in [-0.4, -0.2) is 47.5 Å². The van der Waals surface area contributed by atoms with Crippen LogP contribution in [0.3, 0.4) is 0 Å². The smallest absolute Gasteiger partial charge is 0.137 e. The van der Waals surface area contributed by atoms with Crippen molar-refractivity contribution in [2.75, 3.05) is 31.2 Å². The van der Waals surface area contributed by atoms with Gasteiger partial charge in [-0.15, -0.1) is 0 Å². The first-order chi connectivity index (χ1) is 9.65. The largest absolute Gasteiger partial charge is 0.394 e. The van der Waals surface area contributed by atoms with E-state index in [9.17, 15) is 0 Å². The van der Waals surface area contributed by atoms with Crippen molar-refractivity contribution in [1.29, 1.82) is 0 Å². The van der Waals surface area contributed by atoms with E-state index in [4.69, 9.17) is 21.4 Å². The minimum atomic E-state index is 0.0840. The molecule has 0 saturated carbocycles. The number of anilines is 1. The molecule has 0 aromatic carbocycles. The number of rotatable bonds is 5. The maximum atomic E-state index is 8.78. The van der Waals surface area contributed by atoms with E-state index in [-0.39, 0.29) is 12.7 Å². The third kappa shape index (κ3) is 3.59. The van der Waals surface area contributed by atoms with Crippen LogP contribution >= 0.6 is 11.6 Å². The molecule has 1 fully saturated rings. The Kier molecular flexibility index (Phi) is 5.57. The van der Waals surface area contributed by atoms with Gasteiger partial charge in [-0.1, -0.05) is 18.5 Å². The summed E-state index contributed by atoms with van der Waals surface area (Å²) in [6.45, 7) is 6.29. The zero-order chi connectivity index (χ0) is 14.5. The summed E-state index contributed by atoms with van der Waals surface area (Å²) in [6, 6.07) is 0. The van der Waals surface area contributed by atoms with E-state index >= 15 is 0 Å². The molecule has 0 spiro atoms. The summed E-state index contributed by atoms with van der Waals surface area (Å²) >= 11 is 6.18. The van der Waals surface area contributed by atoms with Crippen molar-refractivity contribution in [2.45, 2.75) is 39.2 Å². The first kappa shape index (κ1) is 15.5. The summed E-state index contributed by atoms with van der Waals surface area (Å²) in [5.41, 5.74) is 0.943. The Bertz CT molecular complexity index is 448. The number of aromatic nitrogens is 2. The Morgan fingerprint density at radius 1 is 1.35 bits per heavy atom. The highest BCUT2D eigenvalue weighted by atomic mass is 35.5. The van der Waals surface area contributed by atoms with Crippen molar-refractivity contribution in [2.24, 2.45) is 0 Å². The minimum absolute atomic E-state index is 0.0840. The first-order valence-electron chi connectivity index (χ1n) is 7.16. The average molecular weight is 300 g/mol. The third-order valence-electron chi connectivity index (χ3n) is 3.61. The van der Waals surface area contributed by atoms with Gasteiger partial charge in [0.05, 0.1) is 19.3 Å². The zero-order valence-electron chi connectivity index (χ0n) is 12.1. The maximum Gasteiger partial charge on any atom is 0.137 e. The van der Waals surface area contributed by atoms with Gasteiger partial charge in [0.15, 0.2) is 0 Å². The van der Waals surface area contributed by atoms with Crippen LogP contribution < -0.4 is 4.90 Å². The van der Waals surface area contributed by atoms with E-state index in [1.54, 1.807) is 0 Å². The molecule has 0 aliphatic carbocycles. The summed E-state index contributed by atoms with van der Waals surface area (Å²) in [4.78, 5) is 11.1. The van der Waals surface area contributed by atoms with Crippen LogP contribution in [0.15, 0.2) is 0 Å². The predicted molar refractivity (Wildman–Crippen MR) is 79.4 cm³/mol. The van der Waals surface area contributed by atoms with Crippen molar-refractivity contribution in [3.05, 3.63) is 16.5 Å². The van der Waals surface area contributed by atoms with Gasteiger partial charge in [0.2, 0.25) is 0 Å². The van der Waals surface area contributed by atoms with Gasteiger partial charge >= 0.3 is 0 Å². The van der Waals surface area contributed by atoms with Crippen molar-refractivity contribution in [3.63, 3.8) is 0 Å². The molecular weight excluding hydrogens is 278 g/mol. The van der Waals surface area contributed by atoms with Crippen LogP contribution in [0.5, 0.6) is 0 Å². The maximum absolute atomic E-state index is 8.78. The van der Waals surface area contributed by atoms with Gasteiger partial charge in [-0.2, -0.15) is 0 Å². The molecule has 112 valence electrons. The van der Waals surface area contributed by atoms with Gasteiger partial charge in [-0.05, 0) is 19.8 Å². The lowest BCUT2D eigenvalue weighted by Crippen LogP contribution is -2.38. The van der Waals surface area contributed by atoms with Crippen LogP contribution in [0.25, 0.3) is 0 Å².